The molecule has 0 aliphatic carbocycles. The van der Waals surface area contributed by atoms with Crippen LogP contribution in [-0.2, 0) is 6.54 Å². The fourth-order valence-corrected chi connectivity index (χ4v) is 1.96. The molecule has 2 N–H and O–H groups in total. The van der Waals surface area contributed by atoms with Crippen LogP contribution in [0, 0.1) is 0 Å². The van der Waals surface area contributed by atoms with Crippen molar-refractivity contribution in [2.75, 3.05) is 7.11 Å². The largest absolute Gasteiger partial charge is 0.497 e. The van der Waals surface area contributed by atoms with E-state index in [4.69, 9.17) is 17.0 Å². The molecule has 0 fully saturated rings. The van der Waals surface area contributed by atoms with Gasteiger partial charge in [-0.05, 0) is 42.4 Å². The van der Waals surface area contributed by atoms with Crippen LogP contribution in [0.1, 0.15) is 18.1 Å². The quantitative estimate of drug-likeness (QED) is 0.506. The number of nitrogens with zero attached hydrogens (tertiary/aromatic N) is 1. The van der Waals surface area contributed by atoms with Gasteiger partial charge in [0.05, 0.1) is 12.8 Å². The zero-order chi connectivity index (χ0) is 15.8. The standard InChI is InChI=1S/C17H19N3OS/c1-13(15-6-4-3-5-7-15)19-20-17(22)18-12-14-8-10-16(21-2)11-9-14/h3-11H,12H2,1-2H3,(H2,18,20,22)/b19-13+. The van der Waals surface area contributed by atoms with Crippen molar-refractivity contribution in [3.8, 4) is 5.75 Å². The van der Waals surface area contributed by atoms with E-state index in [0.29, 0.717) is 11.7 Å². The first kappa shape index (κ1) is 16.0. The molecule has 22 heavy (non-hydrogen) atoms. The number of rotatable bonds is 5. The zero-order valence-corrected chi connectivity index (χ0v) is 13.5. The first-order valence-electron chi connectivity index (χ1n) is 6.95. The van der Waals surface area contributed by atoms with Gasteiger partial charge in [0.2, 0.25) is 0 Å². The smallest absolute Gasteiger partial charge is 0.187 e. The van der Waals surface area contributed by atoms with E-state index in [1.54, 1.807) is 7.11 Å². The van der Waals surface area contributed by atoms with Crippen molar-refractivity contribution in [3.63, 3.8) is 0 Å². The SMILES string of the molecule is COc1ccc(CNC(=S)N/N=C(\C)c2ccccc2)cc1. The fraction of sp³-hybridized carbons (Fsp3) is 0.176. The molecule has 0 aromatic heterocycles. The number of hydrogen-bond acceptors (Lipinski definition) is 3. The zero-order valence-electron chi connectivity index (χ0n) is 12.7. The molecule has 2 rings (SSSR count). The Bertz CT molecular complexity index is 639. The fourth-order valence-electron chi connectivity index (χ4n) is 1.84. The average Bonchev–Trinajstić information content (AvgIpc) is 2.59. The highest BCUT2D eigenvalue weighted by Crippen LogP contribution is 2.10. The molecule has 114 valence electrons. The number of thiocarbonyl (C=S) groups is 1. The minimum absolute atomic E-state index is 0.492. The highest BCUT2D eigenvalue weighted by molar-refractivity contribution is 7.80. The van der Waals surface area contributed by atoms with Crippen molar-refractivity contribution in [1.82, 2.24) is 10.7 Å². The van der Waals surface area contributed by atoms with Crippen molar-refractivity contribution < 1.29 is 4.74 Å². The van der Waals surface area contributed by atoms with Gasteiger partial charge in [-0.3, -0.25) is 5.43 Å². The van der Waals surface area contributed by atoms with Crippen molar-refractivity contribution in [1.29, 1.82) is 0 Å². The summed E-state index contributed by atoms with van der Waals surface area (Å²) in [4.78, 5) is 0. The Morgan fingerprint density at radius 1 is 1.09 bits per heavy atom. The van der Waals surface area contributed by atoms with Gasteiger partial charge in [0.25, 0.3) is 0 Å². The van der Waals surface area contributed by atoms with E-state index in [1.165, 1.54) is 0 Å². The third-order valence-electron chi connectivity index (χ3n) is 3.13. The highest BCUT2D eigenvalue weighted by atomic mass is 32.1. The number of nitrogens with one attached hydrogen (secondary N) is 2. The lowest BCUT2D eigenvalue weighted by molar-refractivity contribution is 0.414. The maximum absolute atomic E-state index is 5.22. The molecule has 0 saturated carbocycles. The van der Waals surface area contributed by atoms with Gasteiger partial charge < -0.3 is 10.1 Å². The molecule has 0 bridgehead atoms. The molecular formula is C17H19N3OS. The van der Waals surface area contributed by atoms with E-state index in [0.717, 1.165) is 22.6 Å². The van der Waals surface area contributed by atoms with Gasteiger partial charge in [-0.1, -0.05) is 42.5 Å². The van der Waals surface area contributed by atoms with Crippen molar-refractivity contribution in [2.45, 2.75) is 13.5 Å². The Hall–Kier alpha value is -2.40. The van der Waals surface area contributed by atoms with Crippen LogP contribution in [0.2, 0.25) is 0 Å². The van der Waals surface area contributed by atoms with Gasteiger partial charge in [-0.25, -0.2) is 0 Å². The van der Waals surface area contributed by atoms with Crippen LogP contribution in [0.5, 0.6) is 5.75 Å². The Morgan fingerprint density at radius 2 is 1.77 bits per heavy atom. The lowest BCUT2D eigenvalue weighted by Gasteiger charge is -2.08. The molecular weight excluding hydrogens is 294 g/mol. The minimum Gasteiger partial charge on any atom is -0.497 e. The molecule has 2 aromatic carbocycles. The summed E-state index contributed by atoms with van der Waals surface area (Å²) in [5.74, 6) is 0.840. The second-order valence-corrected chi connectivity index (χ2v) is 5.11. The van der Waals surface area contributed by atoms with E-state index in [-0.39, 0.29) is 0 Å². The first-order valence-corrected chi connectivity index (χ1v) is 7.36. The molecule has 0 atom stereocenters. The summed E-state index contributed by atoms with van der Waals surface area (Å²) in [6, 6.07) is 17.8. The summed E-state index contributed by atoms with van der Waals surface area (Å²) >= 11 is 5.22. The normalized spacial score (nSPS) is 10.9. The van der Waals surface area contributed by atoms with Crippen LogP contribution in [-0.4, -0.2) is 17.9 Å². The second-order valence-electron chi connectivity index (χ2n) is 4.71. The predicted molar refractivity (Wildman–Crippen MR) is 94.2 cm³/mol. The number of hydrazone groups is 1. The summed E-state index contributed by atoms with van der Waals surface area (Å²) in [6.45, 7) is 2.57. The minimum atomic E-state index is 0.492. The molecule has 0 spiro atoms. The molecule has 0 radical (unpaired) electrons. The summed E-state index contributed by atoms with van der Waals surface area (Å²) in [5.41, 5.74) is 5.92. The van der Waals surface area contributed by atoms with Crippen molar-refractivity contribution >= 4 is 23.0 Å². The average molecular weight is 313 g/mol. The molecule has 4 nitrogen and oxygen atoms in total. The third kappa shape index (κ3) is 4.86. The number of benzene rings is 2. The van der Waals surface area contributed by atoms with Crippen LogP contribution >= 0.6 is 12.2 Å². The molecule has 5 heteroatoms. The molecule has 0 heterocycles. The maximum atomic E-state index is 5.22. The molecule has 0 amide bonds. The predicted octanol–water partition coefficient (Wildman–Crippen LogP) is 3.08. The van der Waals surface area contributed by atoms with E-state index in [1.807, 2.05) is 61.5 Å². The van der Waals surface area contributed by atoms with Gasteiger partial charge in [-0.15, -0.1) is 0 Å². The molecule has 0 unspecified atom stereocenters. The topological polar surface area (TPSA) is 45.6 Å². The summed E-state index contributed by atoms with van der Waals surface area (Å²) in [5, 5.41) is 7.88. The van der Waals surface area contributed by atoms with Gasteiger partial charge >= 0.3 is 0 Å². The summed E-state index contributed by atoms with van der Waals surface area (Å²) in [6.07, 6.45) is 0. The Kier molecular flexibility index (Phi) is 5.91. The van der Waals surface area contributed by atoms with Crippen molar-refractivity contribution in [3.05, 3.63) is 65.7 Å². The van der Waals surface area contributed by atoms with Crippen molar-refractivity contribution in [2.24, 2.45) is 5.10 Å². The van der Waals surface area contributed by atoms with E-state index < -0.39 is 0 Å². The van der Waals surface area contributed by atoms with Gasteiger partial charge in [0.1, 0.15) is 5.75 Å². The summed E-state index contributed by atoms with van der Waals surface area (Å²) in [7, 11) is 1.65. The van der Waals surface area contributed by atoms with Crippen LogP contribution in [0.3, 0.4) is 0 Å². The lowest BCUT2D eigenvalue weighted by atomic mass is 10.1. The lowest BCUT2D eigenvalue weighted by Crippen LogP contribution is -2.32. The van der Waals surface area contributed by atoms with Crippen LogP contribution < -0.4 is 15.5 Å². The highest BCUT2D eigenvalue weighted by Gasteiger charge is 1.98. The van der Waals surface area contributed by atoms with Gasteiger partial charge in [-0.2, -0.15) is 5.10 Å². The molecule has 0 aliphatic heterocycles. The Labute approximate surface area is 136 Å². The van der Waals surface area contributed by atoms with Crippen LogP contribution in [0.4, 0.5) is 0 Å². The van der Waals surface area contributed by atoms with Crippen LogP contribution in [0.15, 0.2) is 59.7 Å². The molecule has 0 aliphatic rings. The molecule has 2 aromatic rings. The Morgan fingerprint density at radius 3 is 2.41 bits per heavy atom. The summed E-state index contributed by atoms with van der Waals surface area (Å²) < 4.78 is 5.13. The molecule has 0 saturated heterocycles. The third-order valence-corrected chi connectivity index (χ3v) is 3.36. The number of ether oxygens (including phenoxy) is 1. The number of hydrogen-bond donors (Lipinski definition) is 2. The van der Waals surface area contributed by atoms with Gasteiger partial charge in [0.15, 0.2) is 5.11 Å². The second kappa shape index (κ2) is 8.14. The number of methoxy groups -OCH3 is 1. The van der Waals surface area contributed by atoms with E-state index in [2.05, 4.69) is 15.8 Å². The van der Waals surface area contributed by atoms with E-state index >= 15 is 0 Å². The first-order chi connectivity index (χ1) is 10.7. The monoisotopic (exact) mass is 313 g/mol. The maximum Gasteiger partial charge on any atom is 0.187 e. The van der Waals surface area contributed by atoms with Crippen LogP contribution in [0.25, 0.3) is 0 Å². The van der Waals surface area contributed by atoms with E-state index in [9.17, 15) is 0 Å². The Balaban J connectivity index is 1.82. The van der Waals surface area contributed by atoms with Gasteiger partial charge in [0, 0.05) is 6.54 Å².